The number of aryl methyl sites for hydroxylation is 1. The van der Waals surface area contributed by atoms with Crippen molar-refractivity contribution in [3.63, 3.8) is 0 Å². The van der Waals surface area contributed by atoms with Crippen LogP contribution < -0.4 is 10.5 Å². The SMILES string of the molecule is Cn1cc(NS(=O)(=O)c2cc(Cl)cc(N)c2Br)cn1. The van der Waals surface area contributed by atoms with Crippen molar-refractivity contribution in [1.29, 1.82) is 0 Å². The van der Waals surface area contributed by atoms with Gasteiger partial charge in [0.25, 0.3) is 10.0 Å². The fourth-order valence-corrected chi connectivity index (χ4v) is 3.79. The van der Waals surface area contributed by atoms with Crippen LogP contribution in [-0.2, 0) is 17.1 Å². The molecule has 0 fully saturated rings. The van der Waals surface area contributed by atoms with Gasteiger partial charge in [-0.1, -0.05) is 11.6 Å². The van der Waals surface area contributed by atoms with Crippen molar-refractivity contribution in [1.82, 2.24) is 9.78 Å². The van der Waals surface area contributed by atoms with Gasteiger partial charge in [0.05, 0.1) is 16.4 Å². The van der Waals surface area contributed by atoms with E-state index in [-0.39, 0.29) is 20.1 Å². The molecule has 9 heteroatoms. The molecule has 0 aliphatic rings. The molecule has 3 N–H and O–H groups in total. The van der Waals surface area contributed by atoms with Gasteiger partial charge in [0, 0.05) is 24.0 Å². The van der Waals surface area contributed by atoms with Crippen LogP contribution in [0.3, 0.4) is 0 Å². The Hall–Kier alpha value is -1.25. The lowest BCUT2D eigenvalue weighted by molar-refractivity contribution is 0.601. The Morgan fingerprint density at radius 3 is 2.74 bits per heavy atom. The molecule has 2 rings (SSSR count). The van der Waals surface area contributed by atoms with Crippen molar-refractivity contribution in [2.45, 2.75) is 4.90 Å². The zero-order valence-corrected chi connectivity index (χ0v) is 12.9. The van der Waals surface area contributed by atoms with Gasteiger partial charge in [-0.15, -0.1) is 0 Å². The molecule has 0 aliphatic heterocycles. The molecule has 1 aromatic carbocycles. The number of nitrogens with zero attached hydrogens (tertiary/aromatic N) is 2. The van der Waals surface area contributed by atoms with Crippen molar-refractivity contribution in [2.24, 2.45) is 7.05 Å². The molecule has 1 heterocycles. The maximum Gasteiger partial charge on any atom is 0.263 e. The summed E-state index contributed by atoms with van der Waals surface area (Å²) in [6, 6.07) is 2.79. The summed E-state index contributed by atoms with van der Waals surface area (Å²) in [7, 11) is -2.10. The second kappa shape index (κ2) is 5.03. The van der Waals surface area contributed by atoms with E-state index in [4.69, 9.17) is 17.3 Å². The Bertz CT molecular complexity index is 729. The number of rotatable bonds is 3. The highest BCUT2D eigenvalue weighted by Crippen LogP contribution is 2.32. The second-order valence-electron chi connectivity index (χ2n) is 3.82. The van der Waals surface area contributed by atoms with Crippen molar-refractivity contribution in [2.75, 3.05) is 10.5 Å². The van der Waals surface area contributed by atoms with Crippen LogP contribution in [0.5, 0.6) is 0 Å². The van der Waals surface area contributed by atoms with Crippen LogP contribution in [0, 0.1) is 0 Å². The van der Waals surface area contributed by atoms with E-state index in [1.165, 1.54) is 23.0 Å². The summed E-state index contributed by atoms with van der Waals surface area (Å²) in [6.45, 7) is 0. The fraction of sp³-hybridized carbons (Fsp3) is 0.100. The zero-order valence-electron chi connectivity index (χ0n) is 9.76. The Morgan fingerprint density at radius 1 is 1.47 bits per heavy atom. The molecule has 19 heavy (non-hydrogen) atoms. The van der Waals surface area contributed by atoms with Crippen LogP contribution >= 0.6 is 27.5 Å². The lowest BCUT2D eigenvalue weighted by Crippen LogP contribution is -2.14. The number of hydrogen-bond acceptors (Lipinski definition) is 4. The third-order valence-corrected chi connectivity index (χ3v) is 5.05. The molecule has 0 aliphatic carbocycles. The largest absolute Gasteiger partial charge is 0.398 e. The Kier molecular flexibility index (Phi) is 3.75. The normalized spacial score (nSPS) is 11.5. The van der Waals surface area contributed by atoms with Gasteiger partial charge < -0.3 is 5.73 Å². The molecule has 0 unspecified atom stereocenters. The first-order valence-corrected chi connectivity index (χ1v) is 7.71. The van der Waals surface area contributed by atoms with Crippen LogP contribution in [0.25, 0.3) is 0 Å². The summed E-state index contributed by atoms with van der Waals surface area (Å²) in [5.41, 5.74) is 6.28. The Balaban J connectivity index is 2.45. The number of hydrogen-bond donors (Lipinski definition) is 2. The van der Waals surface area contributed by atoms with Crippen LogP contribution in [0.4, 0.5) is 11.4 Å². The van der Waals surface area contributed by atoms with E-state index in [0.29, 0.717) is 5.69 Å². The first-order chi connectivity index (χ1) is 8.79. The van der Waals surface area contributed by atoms with Gasteiger partial charge in [-0.05, 0) is 28.1 Å². The summed E-state index contributed by atoms with van der Waals surface area (Å²) in [5, 5.41) is 4.12. The number of aromatic nitrogens is 2. The highest BCUT2D eigenvalue weighted by Gasteiger charge is 2.20. The van der Waals surface area contributed by atoms with E-state index in [1.807, 2.05) is 0 Å². The smallest absolute Gasteiger partial charge is 0.263 e. The van der Waals surface area contributed by atoms with Gasteiger partial charge in [-0.25, -0.2) is 8.42 Å². The molecule has 0 saturated carbocycles. The predicted molar refractivity (Wildman–Crippen MR) is 77.6 cm³/mol. The zero-order chi connectivity index (χ0) is 14.2. The van der Waals surface area contributed by atoms with Gasteiger partial charge in [0.15, 0.2) is 0 Å². The van der Waals surface area contributed by atoms with Gasteiger partial charge in [0.2, 0.25) is 0 Å². The minimum atomic E-state index is -3.79. The Morgan fingerprint density at radius 2 is 2.16 bits per heavy atom. The minimum Gasteiger partial charge on any atom is -0.398 e. The van der Waals surface area contributed by atoms with Gasteiger partial charge >= 0.3 is 0 Å². The van der Waals surface area contributed by atoms with E-state index in [0.717, 1.165) is 0 Å². The summed E-state index contributed by atoms with van der Waals surface area (Å²) in [4.78, 5) is -0.0265. The predicted octanol–water partition coefficient (Wildman–Crippen LogP) is 2.22. The second-order valence-corrected chi connectivity index (χ2v) is 6.70. The topological polar surface area (TPSA) is 90.0 Å². The number of benzene rings is 1. The summed E-state index contributed by atoms with van der Waals surface area (Å²) >= 11 is 8.97. The monoisotopic (exact) mass is 364 g/mol. The van der Waals surface area contributed by atoms with Gasteiger partial charge in [-0.3, -0.25) is 9.40 Å². The third kappa shape index (κ3) is 3.02. The average molecular weight is 366 g/mol. The van der Waals surface area contributed by atoms with Crippen molar-refractivity contribution in [3.8, 4) is 0 Å². The molecule has 102 valence electrons. The van der Waals surface area contributed by atoms with Crippen LogP contribution in [0.15, 0.2) is 33.9 Å². The van der Waals surface area contributed by atoms with Crippen LogP contribution in [0.2, 0.25) is 5.02 Å². The fourth-order valence-electron chi connectivity index (χ4n) is 1.46. The van der Waals surface area contributed by atoms with Gasteiger partial charge in [-0.2, -0.15) is 5.10 Å². The lowest BCUT2D eigenvalue weighted by atomic mass is 10.3. The molecule has 1 aromatic heterocycles. The number of halogens is 2. The highest BCUT2D eigenvalue weighted by atomic mass is 79.9. The van der Waals surface area contributed by atoms with E-state index in [2.05, 4.69) is 25.8 Å². The summed E-state index contributed by atoms with van der Waals surface area (Å²) in [5.74, 6) is 0. The Labute approximate surface area is 123 Å². The first-order valence-electron chi connectivity index (χ1n) is 5.05. The maximum absolute atomic E-state index is 12.2. The molecule has 0 saturated heterocycles. The van der Waals surface area contributed by atoms with E-state index < -0.39 is 10.0 Å². The summed E-state index contributed by atoms with van der Waals surface area (Å²) < 4.78 is 28.6. The number of nitrogen functional groups attached to an aromatic ring is 1. The van der Waals surface area contributed by atoms with Gasteiger partial charge in [0.1, 0.15) is 4.90 Å². The van der Waals surface area contributed by atoms with Crippen molar-refractivity contribution in [3.05, 3.63) is 34.0 Å². The van der Waals surface area contributed by atoms with E-state index in [9.17, 15) is 8.42 Å². The van der Waals surface area contributed by atoms with Crippen molar-refractivity contribution >= 4 is 48.9 Å². The molecule has 0 bridgehead atoms. The molecular weight excluding hydrogens is 356 g/mol. The van der Waals surface area contributed by atoms with Crippen LogP contribution in [-0.4, -0.2) is 18.2 Å². The first kappa shape index (κ1) is 14.2. The molecule has 0 amide bonds. The number of sulfonamides is 1. The number of nitrogens with one attached hydrogen (secondary N) is 1. The molecule has 0 spiro atoms. The molecule has 2 aromatic rings. The van der Waals surface area contributed by atoms with E-state index in [1.54, 1.807) is 13.2 Å². The van der Waals surface area contributed by atoms with E-state index >= 15 is 0 Å². The quantitative estimate of drug-likeness (QED) is 0.816. The summed E-state index contributed by atoms with van der Waals surface area (Å²) in [6.07, 6.45) is 2.94. The lowest BCUT2D eigenvalue weighted by Gasteiger charge is -2.10. The third-order valence-electron chi connectivity index (χ3n) is 2.28. The minimum absolute atomic E-state index is 0.0265. The van der Waals surface area contributed by atoms with Crippen molar-refractivity contribution < 1.29 is 8.42 Å². The van der Waals surface area contributed by atoms with Crippen LogP contribution in [0.1, 0.15) is 0 Å². The molecule has 0 radical (unpaired) electrons. The number of nitrogens with two attached hydrogens (primary N) is 1. The molecular formula is C10H10BrClN4O2S. The average Bonchev–Trinajstić information content (AvgIpc) is 2.68. The molecule has 0 atom stereocenters. The molecule has 6 nitrogen and oxygen atoms in total. The number of anilines is 2. The standard InChI is InChI=1S/C10H10BrClN4O2S/c1-16-5-7(4-14-16)15-19(17,18)9-3-6(12)2-8(13)10(9)11/h2-5,15H,13H2,1H3. The maximum atomic E-state index is 12.2. The highest BCUT2D eigenvalue weighted by molar-refractivity contribution is 9.10.